The number of pyridine rings is 1. The van der Waals surface area contributed by atoms with Gasteiger partial charge in [0.1, 0.15) is 0 Å². The minimum absolute atomic E-state index is 1.23. The molecule has 1 heteroatoms. The van der Waals surface area contributed by atoms with Crippen LogP contribution in [0.4, 0.5) is 0 Å². The van der Waals surface area contributed by atoms with Gasteiger partial charge in [0.25, 0.3) is 0 Å². The van der Waals surface area contributed by atoms with Crippen LogP contribution in [0.15, 0.2) is 18.5 Å². The van der Waals surface area contributed by atoms with Crippen molar-refractivity contribution in [3.8, 4) is 0 Å². The van der Waals surface area contributed by atoms with Gasteiger partial charge in [-0.15, -0.1) is 0 Å². The number of aromatic nitrogens is 1. The van der Waals surface area contributed by atoms with Crippen molar-refractivity contribution in [3.63, 3.8) is 0 Å². The van der Waals surface area contributed by atoms with Gasteiger partial charge in [-0.2, -0.15) is 0 Å². The fourth-order valence-corrected chi connectivity index (χ4v) is 0.706. The molecule has 0 saturated carbocycles. The van der Waals surface area contributed by atoms with Crippen LogP contribution >= 0.6 is 0 Å². The average molecular weight is 167 g/mol. The Labute approximate surface area is 76.9 Å². The summed E-state index contributed by atoms with van der Waals surface area (Å²) in [6.45, 7) is 12.1. The third-order valence-corrected chi connectivity index (χ3v) is 1.01. The van der Waals surface area contributed by atoms with E-state index in [9.17, 15) is 0 Å². The van der Waals surface area contributed by atoms with Gasteiger partial charge in [0.2, 0.25) is 0 Å². The van der Waals surface area contributed by atoms with Gasteiger partial charge in [0, 0.05) is 12.4 Å². The Bertz CT molecular complexity index is 165. The predicted molar refractivity (Wildman–Crippen MR) is 56.4 cm³/mol. The van der Waals surface area contributed by atoms with Gasteiger partial charge in [-0.1, -0.05) is 33.8 Å². The first-order valence-electron chi connectivity index (χ1n) is 4.67. The second kappa shape index (κ2) is 10.2. The van der Waals surface area contributed by atoms with Crippen LogP contribution in [0.1, 0.15) is 38.8 Å². The first-order valence-corrected chi connectivity index (χ1v) is 4.67. The molecular weight excluding hydrogens is 146 g/mol. The van der Waals surface area contributed by atoms with Crippen molar-refractivity contribution in [1.82, 2.24) is 4.98 Å². The molecule has 70 valence electrons. The van der Waals surface area contributed by atoms with E-state index in [1.54, 1.807) is 0 Å². The zero-order valence-electron chi connectivity index (χ0n) is 9.18. The molecule has 0 N–H and O–H groups in total. The maximum absolute atomic E-state index is 3.98. The lowest BCUT2D eigenvalue weighted by Gasteiger charge is -1.89. The normalized spacial score (nSPS) is 7.17. The Hall–Kier alpha value is -0.850. The highest BCUT2D eigenvalue weighted by Crippen LogP contribution is 1.96. The monoisotopic (exact) mass is 167 g/mol. The maximum Gasteiger partial charge on any atom is 0.0297 e. The molecule has 1 nitrogen and oxygen atoms in total. The van der Waals surface area contributed by atoms with Gasteiger partial charge >= 0.3 is 0 Å². The highest BCUT2D eigenvalue weighted by Gasteiger charge is 1.81. The summed E-state index contributed by atoms with van der Waals surface area (Å²) in [5, 5.41) is 0. The molecule has 0 aliphatic heterocycles. The molecule has 0 bridgehead atoms. The van der Waals surface area contributed by atoms with Crippen LogP contribution in [0.5, 0.6) is 0 Å². The molecule has 0 spiro atoms. The molecule has 1 heterocycles. The van der Waals surface area contributed by atoms with Crippen molar-refractivity contribution in [2.45, 2.75) is 41.5 Å². The molecule has 1 aromatic rings. The Morgan fingerprint density at radius 3 is 1.33 bits per heavy atom. The highest BCUT2D eigenvalue weighted by atomic mass is 14.6. The lowest BCUT2D eigenvalue weighted by molar-refractivity contribution is 1.22. The highest BCUT2D eigenvalue weighted by molar-refractivity contribution is 5.14. The van der Waals surface area contributed by atoms with E-state index < -0.39 is 0 Å². The van der Waals surface area contributed by atoms with E-state index in [0.717, 1.165) is 0 Å². The van der Waals surface area contributed by atoms with Crippen molar-refractivity contribution < 1.29 is 0 Å². The van der Waals surface area contributed by atoms with E-state index in [4.69, 9.17) is 0 Å². The largest absolute Gasteiger partial charge is 0.264 e. The third kappa shape index (κ3) is 7.26. The lowest BCUT2D eigenvalue weighted by Crippen LogP contribution is -1.76. The molecule has 0 unspecified atom stereocenters. The first-order chi connectivity index (χ1) is 5.79. The van der Waals surface area contributed by atoms with Crippen molar-refractivity contribution in [1.29, 1.82) is 0 Å². The molecule has 0 aromatic carbocycles. The second-order valence-electron chi connectivity index (χ2n) is 2.04. The molecule has 12 heavy (non-hydrogen) atoms. The predicted octanol–water partition coefficient (Wildman–Crippen LogP) is 3.75. The van der Waals surface area contributed by atoms with Crippen molar-refractivity contribution >= 4 is 0 Å². The molecule has 0 radical (unpaired) electrons. The number of aryl methyl sites for hydroxylation is 2. The van der Waals surface area contributed by atoms with E-state index in [1.807, 2.05) is 53.9 Å². The minimum atomic E-state index is 1.23. The van der Waals surface area contributed by atoms with E-state index >= 15 is 0 Å². The quantitative estimate of drug-likeness (QED) is 0.573. The number of rotatable bonds is 0. The third-order valence-electron chi connectivity index (χ3n) is 1.01. The standard InChI is InChI=1S/C7H9N.2C2H6/c1-6-3-7(2)5-8-4-6;2*1-2/h3-5H,1-2H3;2*1-2H3. The SMILES string of the molecule is CC.CC.Cc1cncc(C)c1. The van der Waals surface area contributed by atoms with E-state index in [0.29, 0.717) is 0 Å². The second-order valence-corrected chi connectivity index (χ2v) is 2.04. The van der Waals surface area contributed by atoms with E-state index in [-0.39, 0.29) is 0 Å². The Kier molecular flexibility index (Phi) is 11.6. The molecule has 0 aliphatic carbocycles. The first kappa shape index (κ1) is 13.7. The molecule has 0 saturated heterocycles. The van der Waals surface area contributed by atoms with Gasteiger partial charge in [-0.25, -0.2) is 0 Å². The van der Waals surface area contributed by atoms with Gasteiger partial charge < -0.3 is 0 Å². The Morgan fingerprint density at radius 1 is 0.833 bits per heavy atom. The fraction of sp³-hybridized carbons (Fsp3) is 0.545. The summed E-state index contributed by atoms with van der Waals surface area (Å²) in [6.07, 6.45) is 3.71. The summed E-state index contributed by atoms with van der Waals surface area (Å²) in [5.41, 5.74) is 2.45. The molecule has 1 rings (SSSR count). The summed E-state index contributed by atoms with van der Waals surface area (Å²) in [4.78, 5) is 3.98. The molecule has 0 aliphatic rings. The van der Waals surface area contributed by atoms with Crippen molar-refractivity contribution in [2.24, 2.45) is 0 Å². The molecule has 0 amide bonds. The zero-order chi connectivity index (χ0) is 9.98. The summed E-state index contributed by atoms with van der Waals surface area (Å²) in [5.74, 6) is 0. The molecule has 0 atom stereocenters. The average Bonchev–Trinajstić information content (AvgIpc) is 2.11. The van der Waals surface area contributed by atoms with E-state index in [2.05, 4.69) is 11.1 Å². The van der Waals surface area contributed by atoms with Crippen LogP contribution in [0.25, 0.3) is 0 Å². The lowest BCUT2D eigenvalue weighted by atomic mass is 10.2. The van der Waals surface area contributed by atoms with Crippen LogP contribution in [-0.2, 0) is 0 Å². The Balaban J connectivity index is 0. The number of nitrogens with zero attached hydrogens (tertiary/aromatic N) is 1. The topological polar surface area (TPSA) is 12.9 Å². The van der Waals surface area contributed by atoms with Gasteiger partial charge in [0.15, 0.2) is 0 Å². The maximum atomic E-state index is 3.98. The van der Waals surface area contributed by atoms with Crippen LogP contribution in [-0.4, -0.2) is 4.98 Å². The zero-order valence-corrected chi connectivity index (χ0v) is 9.18. The van der Waals surface area contributed by atoms with Gasteiger partial charge in [-0.05, 0) is 25.0 Å². The molecule has 1 aromatic heterocycles. The van der Waals surface area contributed by atoms with Crippen molar-refractivity contribution in [3.05, 3.63) is 29.6 Å². The fourth-order valence-electron chi connectivity index (χ4n) is 0.706. The Morgan fingerprint density at radius 2 is 1.17 bits per heavy atom. The van der Waals surface area contributed by atoms with Crippen LogP contribution < -0.4 is 0 Å². The minimum Gasteiger partial charge on any atom is -0.264 e. The summed E-state index contributed by atoms with van der Waals surface area (Å²) < 4.78 is 0. The molecular formula is C11H21N. The summed E-state index contributed by atoms with van der Waals surface area (Å²) in [7, 11) is 0. The van der Waals surface area contributed by atoms with Crippen molar-refractivity contribution in [2.75, 3.05) is 0 Å². The van der Waals surface area contributed by atoms with Crippen LogP contribution in [0, 0.1) is 13.8 Å². The smallest absolute Gasteiger partial charge is 0.0297 e. The van der Waals surface area contributed by atoms with Crippen LogP contribution in [0.2, 0.25) is 0 Å². The van der Waals surface area contributed by atoms with Gasteiger partial charge in [0.05, 0.1) is 0 Å². The molecule has 0 fully saturated rings. The summed E-state index contributed by atoms with van der Waals surface area (Å²) in [6, 6.07) is 2.10. The van der Waals surface area contributed by atoms with Gasteiger partial charge in [-0.3, -0.25) is 4.98 Å². The van der Waals surface area contributed by atoms with E-state index in [1.165, 1.54) is 11.1 Å². The van der Waals surface area contributed by atoms with Crippen LogP contribution in [0.3, 0.4) is 0 Å². The summed E-state index contributed by atoms with van der Waals surface area (Å²) >= 11 is 0. The number of hydrogen-bond acceptors (Lipinski definition) is 1. The number of hydrogen-bond donors (Lipinski definition) is 0.